The zero-order valence-corrected chi connectivity index (χ0v) is 14.9. The molecule has 23 heavy (non-hydrogen) atoms. The number of aromatic nitrogens is 1. The Morgan fingerprint density at radius 1 is 1.22 bits per heavy atom. The molecule has 2 rings (SSSR count). The fraction of sp³-hybridized carbons (Fsp3) is 0.625. The molecule has 1 aliphatic rings. The highest BCUT2D eigenvalue weighted by Gasteiger charge is 2.52. The summed E-state index contributed by atoms with van der Waals surface area (Å²) in [6.07, 6.45) is 1.04. The summed E-state index contributed by atoms with van der Waals surface area (Å²) in [5.74, 6) is 0.375. The Morgan fingerprint density at radius 3 is 2.30 bits per heavy atom. The van der Waals surface area contributed by atoms with E-state index in [9.17, 15) is 4.79 Å². The molecular weight excluding hydrogens is 295 g/mol. The van der Waals surface area contributed by atoms with Crippen molar-refractivity contribution in [3.05, 3.63) is 18.3 Å². The third-order valence-electron chi connectivity index (χ3n) is 3.97. The molecule has 0 bridgehead atoms. The number of hydrogen-bond acceptors (Lipinski definition) is 5. The molecular formula is C16H25BN2O4. The lowest BCUT2D eigenvalue weighted by Crippen LogP contribution is -2.41. The molecule has 1 aliphatic heterocycles. The van der Waals surface area contributed by atoms with Crippen molar-refractivity contribution in [1.29, 1.82) is 0 Å². The molecule has 0 aliphatic carbocycles. The molecule has 2 heterocycles. The predicted octanol–water partition coefficient (Wildman–Crippen LogP) is 2.73. The maximum Gasteiger partial charge on any atom is 0.498 e. The third kappa shape index (κ3) is 4.03. The van der Waals surface area contributed by atoms with Crippen LogP contribution in [-0.2, 0) is 14.0 Å². The maximum absolute atomic E-state index is 12.0. The molecule has 0 aromatic carbocycles. The van der Waals surface area contributed by atoms with Crippen LogP contribution in [0.25, 0.3) is 0 Å². The van der Waals surface area contributed by atoms with Crippen molar-refractivity contribution in [3.63, 3.8) is 0 Å². The van der Waals surface area contributed by atoms with E-state index in [0.29, 0.717) is 11.3 Å². The fourth-order valence-corrected chi connectivity index (χ4v) is 2.08. The number of carbonyl (C=O) groups excluding carboxylic acids is 1. The lowest BCUT2D eigenvalue weighted by molar-refractivity contribution is 0.00578. The first-order valence-electron chi connectivity index (χ1n) is 7.72. The zero-order chi connectivity index (χ0) is 17.5. The molecule has 1 aromatic heterocycles. The molecule has 0 saturated carbocycles. The van der Waals surface area contributed by atoms with E-state index >= 15 is 0 Å². The molecule has 0 spiro atoms. The van der Waals surface area contributed by atoms with Crippen LogP contribution in [0.5, 0.6) is 0 Å². The Kier molecular flexibility index (Phi) is 4.48. The van der Waals surface area contributed by atoms with Crippen LogP contribution in [0.1, 0.15) is 48.5 Å². The molecule has 0 unspecified atom stereocenters. The average Bonchev–Trinajstić information content (AvgIpc) is 2.56. The van der Waals surface area contributed by atoms with Crippen LogP contribution in [0.15, 0.2) is 18.3 Å². The van der Waals surface area contributed by atoms with Gasteiger partial charge in [-0.05, 0) is 54.5 Å². The first kappa shape index (κ1) is 17.8. The van der Waals surface area contributed by atoms with Gasteiger partial charge >= 0.3 is 13.2 Å². The molecule has 126 valence electrons. The van der Waals surface area contributed by atoms with Gasteiger partial charge in [0.05, 0.1) is 11.2 Å². The zero-order valence-electron chi connectivity index (χ0n) is 14.9. The van der Waals surface area contributed by atoms with Gasteiger partial charge in [-0.15, -0.1) is 0 Å². The van der Waals surface area contributed by atoms with Gasteiger partial charge in [0.25, 0.3) is 0 Å². The van der Waals surface area contributed by atoms with Crippen molar-refractivity contribution >= 4 is 24.5 Å². The van der Waals surface area contributed by atoms with E-state index in [1.807, 2.05) is 33.8 Å². The van der Waals surface area contributed by atoms with Crippen LogP contribution >= 0.6 is 0 Å². The summed E-state index contributed by atoms with van der Waals surface area (Å²) in [5, 5.41) is 2.67. The third-order valence-corrected chi connectivity index (χ3v) is 3.97. The van der Waals surface area contributed by atoms with Crippen molar-refractivity contribution in [1.82, 2.24) is 4.98 Å². The van der Waals surface area contributed by atoms with Crippen LogP contribution in [0.3, 0.4) is 0 Å². The van der Waals surface area contributed by atoms with Gasteiger partial charge in [-0.3, -0.25) is 5.32 Å². The van der Waals surface area contributed by atoms with E-state index in [1.165, 1.54) is 0 Å². The second kappa shape index (κ2) is 5.80. The summed E-state index contributed by atoms with van der Waals surface area (Å²) in [4.78, 5) is 16.2. The van der Waals surface area contributed by atoms with Crippen LogP contribution in [0.4, 0.5) is 10.6 Å². The van der Waals surface area contributed by atoms with Gasteiger partial charge < -0.3 is 14.0 Å². The number of anilines is 1. The summed E-state index contributed by atoms with van der Waals surface area (Å²) in [7, 11) is -0.598. The van der Waals surface area contributed by atoms with Crippen LogP contribution in [0.2, 0.25) is 0 Å². The Hall–Kier alpha value is -1.60. The van der Waals surface area contributed by atoms with E-state index in [4.69, 9.17) is 14.0 Å². The Bertz CT molecular complexity index is 580. The lowest BCUT2D eigenvalue weighted by atomic mass is 9.79. The van der Waals surface area contributed by atoms with Gasteiger partial charge in [0.15, 0.2) is 0 Å². The largest absolute Gasteiger partial charge is 0.498 e. The van der Waals surface area contributed by atoms with Gasteiger partial charge in [-0.1, -0.05) is 6.07 Å². The minimum Gasteiger partial charge on any atom is -0.444 e. The summed E-state index contributed by atoms with van der Waals surface area (Å²) < 4.78 is 17.3. The number of hydrogen-bond donors (Lipinski definition) is 1. The van der Waals surface area contributed by atoms with Crippen LogP contribution in [0, 0.1) is 0 Å². The van der Waals surface area contributed by atoms with Crippen LogP contribution < -0.4 is 10.8 Å². The first-order chi connectivity index (χ1) is 10.4. The van der Waals surface area contributed by atoms with Crippen molar-refractivity contribution in [2.45, 2.75) is 65.3 Å². The molecule has 6 nitrogen and oxygen atoms in total. The lowest BCUT2D eigenvalue weighted by Gasteiger charge is -2.32. The standard InChI is InChI=1S/C16H25BN2O4/c1-14(2,3)21-13(20)19-12-11(9-8-10-18-12)17-22-15(4,5)16(6,7)23-17/h8-10H,1-7H3,(H,18,19,20). The number of rotatable bonds is 2. The highest BCUT2D eigenvalue weighted by molar-refractivity contribution is 6.63. The second-order valence-electron chi connectivity index (χ2n) is 7.66. The Labute approximate surface area is 138 Å². The first-order valence-corrected chi connectivity index (χ1v) is 7.72. The number of nitrogens with one attached hydrogen (secondary N) is 1. The van der Waals surface area contributed by atoms with E-state index in [2.05, 4.69) is 10.3 Å². The molecule has 1 N–H and O–H groups in total. The Morgan fingerprint density at radius 2 is 1.78 bits per heavy atom. The van der Waals surface area contributed by atoms with E-state index in [1.54, 1.807) is 33.0 Å². The maximum atomic E-state index is 12.0. The second-order valence-corrected chi connectivity index (χ2v) is 7.66. The highest BCUT2D eigenvalue weighted by Crippen LogP contribution is 2.36. The number of ether oxygens (including phenoxy) is 1. The number of nitrogens with zero attached hydrogens (tertiary/aromatic N) is 1. The minimum absolute atomic E-state index is 0.375. The van der Waals surface area contributed by atoms with Crippen LogP contribution in [-0.4, -0.2) is 35.0 Å². The van der Waals surface area contributed by atoms with Crippen molar-refractivity contribution in [2.75, 3.05) is 5.32 Å². The van der Waals surface area contributed by atoms with Crippen molar-refractivity contribution in [2.24, 2.45) is 0 Å². The number of amides is 1. The number of carbonyl (C=O) groups is 1. The fourth-order valence-electron chi connectivity index (χ4n) is 2.08. The molecule has 1 fully saturated rings. The van der Waals surface area contributed by atoms with E-state index in [-0.39, 0.29) is 0 Å². The smallest absolute Gasteiger partial charge is 0.444 e. The highest BCUT2D eigenvalue weighted by atomic mass is 16.7. The summed E-state index contributed by atoms with van der Waals surface area (Å²) in [5.41, 5.74) is -0.839. The van der Waals surface area contributed by atoms with Crippen molar-refractivity contribution in [3.8, 4) is 0 Å². The minimum atomic E-state index is -0.598. The molecule has 7 heteroatoms. The summed E-state index contributed by atoms with van der Waals surface area (Å²) in [6.45, 7) is 13.3. The SMILES string of the molecule is CC(C)(C)OC(=O)Nc1ncccc1B1OC(C)(C)C(C)(C)O1. The molecule has 0 atom stereocenters. The molecule has 0 radical (unpaired) electrons. The van der Waals surface area contributed by atoms with E-state index < -0.39 is 30.0 Å². The summed E-state index contributed by atoms with van der Waals surface area (Å²) >= 11 is 0. The summed E-state index contributed by atoms with van der Waals surface area (Å²) in [6, 6.07) is 3.60. The predicted molar refractivity (Wildman–Crippen MR) is 89.8 cm³/mol. The molecule has 1 saturated heterocycles. The monoisotopic (exact) mass is 320 g/mol. The van der Waals surface area contributed by atoms with Gasteiger partial charge in [-0.25, -0.2) is 9.78 Å². The van der Waals surface area contributed by atoms with Gasteiger partial charge in [-0.2, -0.15) is 0 Å². The quantitative estimate of drug-likeness (QED) is 0.849. The molecule has 1 aromatic rings. The normalized spacial score (nSPS) is 19.5. The van der Waals surface area contributed by atoms with Crippen molar-refractivity contribution < 1.29 is 18.8 Å². The average molecular weight is 320 g/mol. The topological polar surface area (TPSA) is 69.7 Å². The Balaban J connectivity index is 2.21. The molecule has 1 amide bonds. The van der Waals surface area contributed by atoms with E-state index in [0.717, 1.165) is 0 Å². The number of pyridine rings is 1. The van der Waals surface area contributed by atoms with Gasteiger partial charge in [0.2, 0.25) is 0 Å². The van der Waals surface area contributed by atoms with Gasteiger partial charge in [0, 0.05) is 11.7 Å². The van der Waals surface area contributed by atoms with Gasteiger partial charge in [0.1, 0.15) is 11.4 Å².